The van der Waals surface area contributed by atoms with E-state index in [0.717, 1.165) is 51.4 Å². The van der Waals surface area contributed by atoms with Gasteiger partial charge in [-0.1, -0.05) is 66.2 Å². The number of amides is 2. The van der Waals surface area contributed by atoms with Crippen LogP contribution in [0.2, 0.25) is 0 Å². The highest BCUT2D eigenvalue weighted by molar-refractivity contribution is 5.88. The van der Waals surface area contributed by atoms with Gasteiger partial charge in [-0.2, -0.15) is 0 Å². The van der Waals surface area contributed by atoms with Crippen LogP contribution in [-0.2, 0) is 28.7 Å². The van der Waals surface area contributed by atoms with E-state index in [-0.39, 0.29) is 47.4 Å². The lowest BCUT2D eigenvalue weighted by Crippen LogP contribution is -2.53. The molecule has 0 aromatic heterocycles. The Hall–Kier alpha value is -2.20. The molecule has 0 heterocycles. The van der Waals surface area contributed by atoms with Crippen LogP contribution in [0, 0.1) is 23.7 Å². The maximum Gasteiger partial charge on any atom is 0.328 e. The summed E-state index contributed by atoms with van der Waals surface area (Å²) < 4.78 is 9.62. The summed E-state index contributed by atoms with van der Waals surface area (Å²) in [5, 5.41) is 5.56. The van der Waals surface area contributed by atoms with E-state index >= 15 is 0 Å². The molecule has 0 radical (unpaired) electrons. The second-order valence-electron chi connectivity index (χ2n) is 11.4. The largest absolute Gasteiger partial charge is 0.467 e. The van der Waals surface area contributed by atoms with Crippen LogP contribution < -0.4 is 22.1 Å². The zero-order valence-corrected chi connectivity index (χ0v) is 24.3. The number of methoxy groups -OCH3 is 2. The van der Waals surface area contributed by atoms with E-state index in [1.54, 1.807) is 0 Å². The topological polar surface area (TPSA) is 163 Å². The highest BCUT2D eigenvalue weighted by atomic mass is 16.5. The minimum atomic E-state index is -0.587. The van der Waals surface area contributed by atoms with Gasteiger partial charge in [0.25, 0.3) is 0 Å². The van der Waals surface area contributed by atoms with Crippen LogP contribution in [-0.4, -0.2) is 62.1 Å². The Morgan fingerprint density at radius 3 is 1.13 bits per heavy atom. The standard InChI is InChI=1S/2C14H26N2O3/c2*1-9(2)11(15)13(17)16-12(14(18)19-3)10-7-5-4-6-8-10/h2*9-12H,4-8,15H2,1-3H3,(H,16,17). The van der Waals surface area contributed by atoms with Gasteiger partial charge in [-0.3, -0.25) is 9.59 Å². The minimum Gasteiger partial charge on any atom is -0.467 e. The van der Waals surface area contributed by atoms with Crippen LogP contribution in [0.1, 0.15) is 91.9 Å². The summed E-state index contributed by atoms with van der Waals surface area (Å²) in [6.45, 7) is 7.55. The minimum absolute atomic E-state index is 0.0460. The molecule has 38 heavy (non-hydrogen) atoms. The number of esters is 2. The van der Waals surface area contributed by atoms with E-state index in [0.29, 0.717) is 0 Å². The third-order valence-electron chi connectivity index (χ3n) is 7.79. The molecule has 0 aromatic carbocycles. The summed E-state index contributed by atoms with van der Waals surface area (Å²) in [6.07, 6.45) is 10.6. The second kappa shape index (κ2) is 17.4. The molecule has 6 N–H and O–H groups in total. The normalized spacial score (nSPS) is 19.8. The lowest BCUT2D eigenvalue weighted by molar-refractivity contribution is -0.147. The average molecular weight is 541 g/mol. The van der Waals surface area contributed by atoms with E-state index < -0.39 is 24.2 Å². The molecular formula is C28H52N4O6. The molecule has 10 nitrogen and oxygen atoms in total. The van der Waals surface area contributed by atoms with Gasteiger partial charge in [0, 0.05) is 0 Å². The molecule has 10 heteroatoms. The Bertz CT molecular complexity index is 686. The molecule has 0 saturated heterocycles. The number of ether oxygens (including phenoxy) is 2. The van der Waals surface area contributed by atoms with Crippen molar-refractivity contribution in [3.63, 3.8) is 0 Å². The van der Waals surface area contributed by atoms with Crippen molar-refractivity contribution in [1.29, 1.82) is 0 Å². The number of nitrogens with two attached hydrogens (primary N) is 2. The van der Waals surface area contributed by atoms with Crippen molar-refractivity contribution >= 4 is 23.8 Å². The predicted octanol–water partition coefficient (Wildman–Crippen LogP) is 2.42. The molecule has 0 aliphatic heterocycles. The molecule has 220 valence electrons. The summed E-state index contributed by atoms with van der Waals surface area (Å²) in [7, 11) is 2.71. The highest BCUT2D eigenvalue weighted by Gasteiger charge is 2.34. The molecule has 2 saturated carbocycles. The Labute approximate surface area is 228 Å². The van der Waals surface area contributed by atoms with Gasteiger partial charge in [0.15, 0.2) is 0 Å². The smallest absolute Gasteiger partial charge is 0.328 e. The summed E-state index contributed by atoms with van der Waals surface area (Å²) >= 11 is 0. The lowest BCUT2D eigenvalue weighted by atomic mass is 9.83. The van der Waals surface area contributed by atoms with Crippen LogP contribution >= 0.6 is 0 Å². The first kappa shape index (κ1) is 33.8. The number of nitrogens with one attached hydrogen (secondary N) is 2. The van der Waals surface area contributed by atoms with Gasteiger partial charge >= 0.3 is 11.9 Å². The van der Waals surface area contributed by atoms with E-state index in [1.165, 1.54) is 27.1 Å². The fraction of sp³-hybridized carbons (Fsp3) is 0.857. The van der Waals surface area contributed by atoms with Crippen LogP contribution in [0.15, 0.2) is 0 Å². The van der Waals surface area contributed by atoms with Crippen molar-refractivity contribution in [2.24, 2.45) is 35.1 Å². The van der Waals surface area contributed by atoms with Gasteiger partial charge in [0.1, 0.15) is 12.1 Å². The van der Waals surface area contributed by atoms with Crippen LogP contribution in [0.25, 0.3) is 0 Å². The van der Waals surface area contributed by atoms with Crippen molar-refractivity contribution in [1.82, 2.24) is 10.6 Å². The quantitative estimate of drug-likeness (QED) is 0.307. The summed E-state index contributed by atoms with van der Waals surface area (Å²) in [5.41, 5.74) is 11.6. The Kier molecular flexibility index (Phi) is 15.5. The van der Waals surface area contributed by atoms with E-state index in [2.05, 4.69) is 10.6 Å². The first-order valence-corrected chi connectivity index (χ1v) is 14.2. The SMILES string of the molecule is COC(=O)C(NC(=O)C(N)C(C)C)C1CCCCC1.COC(=O)C(NC(=O)C(N)C(C)C)C1CCCCC1. The fourth-order valence-corrected chi connectivity index (χ4v) is 5.03. The van der Waals surface area contributed by atoms with Crippen LogP contribution in [0.5, 0.6) is 0 Å². The molecule has 2 rings (SSSR count). The number of hydrogen-bond donors (Lipinski definition) is 4. The lowest BCUT2D eigenvalue weighted by Gasteiger charge is -2.30. The molecule has 0 spiro atoms. The zero-order chi connectivity index (χ0) is 28.8. The molecule has 2 aliphatic carbocycles. The molecule has 2 fully saturated rings. The monoisotopic (exact) mass is 540 g/mol. The van der Waals surface area contributed by atoms with Gasteiger partial charge in [-0.05, 0) is 49.4 Å². The highest BCUT2D eigenvalue weighted by Crippen LogP contribution is 2.28. The predicted molar refractivity (Wildman–Crippen MR) is 147 cm³/mol. The Morgan fingerprint density at radius 2 is 0.895 bits per heavy atom. The number of carbonyl (C=O) groups is 4. The van der Waals surface area contributed by atoms with Gasteiger partial charge in [0.05, 0.1) is 26.3 Å². The fourth-order valence-electron chi connectivity index (χ4n) is 5.03. The zero-order valence-electron chi connectivity index (χ0n) is 24.3. The van der Waals surface area contributed by atoms with E-state index in [9.17, 15) is 19.2 Å². The molecule has 0 bridgehead atoms. The maximum atomic E-state index is 12.0. The van der Waals surface area contributed by atoms with E-state index in [4.69, 9.17) is 20.9 Å². The van der Waals surface area contributed by atoms with Crippen molar-refractivity contribution in [3.8, 4) is 0 Å². The van der Waals surface area contributed by atoms with Crippen molar-refractivity contribution in [3.05, 3.63) is 0 Å². The molecule has 0 aromatic rings. The van der Waals surface area contributed by atoms with Crippen LogP contribution in [0.4, 0.5) is 0 Å². The number of hydrogen-bond acceptors (Lipinski definition) is 8. The molecule has 2 amide bonds. The Morgan fingerprint density at radius 1 is 0.605 bits per heavy atom. The first-order chi connectivity index (χ1) is 17.9. The van der Waals surface area contributed by atoms with Crippen molar-refractivity contribution in [2.75, 3.05) is 14.2 Å². The summed E-state index contributed by atoms with van der Waals surface area (Å²) in [4.78, 5) is 47.8. The van der Waals surface area contributed by atoms with Crippen molar-refractivity contribution in [2.45, 2.75) is 116 Å². The van der Waals surface area contributed by atoms with Gasteiger partial charge in [-0.25, -0.2) is 9.59 Å². The maximum absolute atomic E-state index is 12.0. The van der Waals surface area contributed by atoms with Crippen LogP contribution in [0.3, 0.4) is 0 Å². The van der Waals surface area contributed by atoms with E-state index in [1.807, 2.05) is 27.7 Å². The Balaban J connectivity index is 0.000000380. The molecule has 4 unspecified atom stereocenters. The number of carbonyl (C=O) groups excluding carboxylic acids is 4. The van der Waals surface area contributed by atoms with Gasteiger partial charge < -0.3 is 31.6 Å². The summed E-state index contributed by atoms with van der Waals surface area (Å²) in [6, 6.07) is -2.28. The van der Waals surface area contributed by atoms with Crippen molar-refractivity contribution < 1.29 is 28.7 Å². The third-order valence-corrected chi connectivity index (χ3v) is 7.79. The second-order valence-corrected chi connectivity index (χ2v) is 11.4. The first-order valence-electron chi connectivity index (χ1n) is 14.2. The molecule has 4 atom stereocenters. The van der Waals surface area contributed by atoms with Gasteiger partial charge in [-0.15, -0.1) is 0 Å². The average Bonchev–Trinajstić information content (AvgIpc) is 2.93. The third kappa shape index (κ3) is 10.9. The molecule has 2 aliphatic rings. The summed E-state index contributed by atoms with van der Waals surface area (Å²) in [5.74, 6) is -0.831. The molecular weight excluding hydrogens is 488 g/mol. The number of rotatable bonds is 10. The van der Waals surface area contributed by atoms with Gasteiger partial charge in [0.2, 0.25) is 11.8 Å².